The first-order chi connectivity index (χ1) is 9.65. The molecule has 0 aliphatic heterocycles. The third kappa shape index (κ3) is 6.02. The van der Waals surface area contributed by atoms with Gasteiger partial charge in [0.05, 0.1) is 6.54 Å². The summed E-state index contributed by atoms with van der Waals surface area (Å²) in [6, 6.07) is 6.13. The molecule has 4 nitrogen and oxygen atoms in total. The van der Waals surface area contributed by atoms with E-state index in [2.05, 4.69) is 17.2 Å². The lowest BCUT2D eigenvalue weighted by atomic mass is 10.1. The molecule has 0 amide bonds. The number of rotatable bonds is 8. The van der Waals surface area contributed by atoms with E-state index in [1.165, 1.54) is 18.9 Å². The molecule has 0 aromatic heterocycles. The second-order valence-electron chi connectivity index (χ2n) is 4.75. The topological polar surface area (TPSA) is 70.6 Å². The second-order valence-corrected chi connectivity index (χ2v) is 4.75. The van der Waals surface area contributed by atoms with Crippen molar-refractivity contribution in [2.75, 3.05) is 13.1 Å². The molecule has 0 bridgehead atoms. The van der Waals surface area contributed by atoms with Crippen LogP contribution in [0.4, 0.5) is 4.39 Å². The van der Waals surface area contributed by atoms with Crippen LogP contribution in [0.1, 0.15) is 44.3 Å². The normalized spacial score (nSPS) is 13.2. The first kappa shape index (κ1) is 16.4. The Hall–Kier alpha value is -1.62. The Kier molecular flexibility index (Phi) is 7.65. The summed E-state index contributed by atoms with van der Waals surface area (Å²) >= 11 is 0. The van der Waals surface area contributed by atoms with Crippen LogP contribution in [0.5, 0.6) is 0 Å². The summed E-state index contributed by atoms with van der Waals surface area (Å²) in [6.45, 7) is 2.98. The van der Waals surface area contributed by atoms with Crippen molar-refractivity contribution < 1.29 is 9.50 Å². The molecule has 0 spiro atoms. The largest absolute Gasteiger partial charge is 0.386 e. The van der Waals surface area contributed by atoms with Crippen molar-refractivity contribution in [3.63, 3.8) is 0 Å². The Morgan fingerprint density at radius 1 is 1.35 bits per heavy atom. The number of aliphatic hydroxyl groups is 1. The molecule has 1 rings (SSSR count). The molecule has 1 atom stereocenters. The third-order valence-corrected chi connectivity index (χ3v) is 3.04. The van der Waals surface area contributed by atoms with Gasteiger partial charge in [0.2, 0.25) is 0 Å². The van der Waals surface area contributed by atoms with Crippen molar-refractivity contribution >= 4 is 5.96 Å². The zero-order valence-corrected chi connectivity index (χ0v) is 12.0. The number of nitrogens with two attached hydrogens (primary N) is 1. The summed E-state index contributed by atoms with van der Waals surface area (Å²) in [6.07, 6.45) is 3.63. The number of hydrogen-bond donors (Lipinski definition) is 3. The number of aliphatic hydroxyl groups excluding tert-OH is 1. The Balaban J connectivity index is 2.33. The Morgan fingerprint density at radius 3 is 2.80 bits per heavy atom. The third-order valence-electron chi connectivity index (χ3n) is 3.04. The van der Waals surface area contributed by atoms with Gasteiger partial charge in [-0.1, -0.05) is 44.4 Å². The summed E-state index contributed by atoms with van der Waals surface area (Å²) in [4.78, 5) is 4.03. The highest BCUT2D eigenvalue weighted by Gasteiger charge is 2.11. The number of hydrogen-bond acceptors (Lipinski definition) is 2. The average Bonchev–Trinajstić information content (AvgIpc) is 2.45. The van der Waals surface area contributed by atoms with E-state index >= 15 is 0 Å². The fourth-order valence-corrected chi connectivity index (χ4v) is 1.85. The molecule has 0 fully saturated rings. The van der Waals surface area contributed by atoms with Gasteiger partial charge in [-0.3, -0.25) is 4.99 Å². The lowest BCUT2D eigenvalue weighted by Gasteiger charge is -2.10. The van der Waals surface area contributed by atoms with Gasteiger partial charge in [0.1, 0.15) is 11.9 Å². The summed E-state index contributed by atoms with van der Waals surface area (Å²) in [5.41, 5.74) is 5.93. The average molecular weight is 281 g/mol. The molecule has 1 unspecified atom stereocenters. The summed E-state index contributed by atoms with van der Waals surface area (Å²) in [7, 11) is 0. The number of aliphatic imine (C=N–C) groups is 1. The summed E-state index contributed by atoms with van der Waals surface area (Å²) in [5, 5.41) is 12.8. The van der Waals surface area contributed by atoms with Crippen LogP contribution in [-0.4, -0.2) is 24.2 Å². The van der Waals surface area contributed by atoms with Crippen LogP contribution in [0, 0.1) is 5.82 Å². The minimum absolute atomic E-state index is 0.0503. The molecule has 112 valence electrons. The highest BCUT2D eigenvalue weighted by molar-refractivity contribution is 5.77. The molecule has 20 heavy (non-hydrogen) atoms. The smallest absolute Gasteiger partial charge is 0.188 e. The van der Waals surface area contributed by atoms with Gasteiger partial charge in [-0.25, -0.2) is 4.39 Å². The molecular weight excluding hydrogens is 257 g/mol. The highest BCUT2D eigenvalue weighted by atomic mass is 19.1. The predicted molar refractivity (Wildman–Crippen MR) is 80.0 cm³/mol. The van der Waals surface area contributed by atoms with Crippen molar-refractivity contribution in [3.8, 4) is 0 Å². The fraction of sp³-hybridized carbons (Fsp3) is 0.533. The Labute approximate surface area is 119 Å². The van der Waals surface area contributed by atoms with E-state index < -0.39 is 11.9 Å². The molecule has 0 heterocycles. The van der Waals surface area contributed by atoms with Crippen molar-refractivity contribution in [1.82, 2.24) is 5.32 Å². The number of guanidine groups is 1. The zero-order chi connectivity index (χ0) is 14.8. The van der Waals surface area contributed by atoms with Crippen LogP contribution in [-0.2, 0) is 0 Å². The van der Waals surface area contributed by atoms with Gasteiger partial charge < -0.3 is 16.2 Å². The number of halogens is 1. The molecule has 0 aliphatic rings. The molecule has 5 heteroatoms. The maximum Gasteiger partial charge on any atom is 0.188 e. The quantitative estimate of drug-likeness (QED) is 0.389. The molecule has 4 N–H and O–H groups in total. The SMILES string of the molecule is CCCCCCNC(N)=NCC(O)c1ccccc1F. The van der Waals surface area contributed by atoms with Gasteiger partial charge in [-0.2, -0.15) is 0 Å². The van der Waals surface area contributed by atoms with E-state index in [1.807, 2.05) is 0 Å². The van der Waals surface area contributed by atoms with Crippen LogP contribution in [0.25, 0.3) is 0 Å². The summed E-state index contributed by atoms with van der Waals surface area (Å²) in [5.74, 6) is -0.141. The minimum Gasteiger partial charge on any atom is -0.386 e. The molecule has 0 saturated heterocycles. The Bertz CT molecular complexity index is 423. The first-order valence-electron chi connectivity index (χ1n) is 7.11. The maximum absolute atomic E-state index is 13.4. The standard InChI is InChI=1S/C15H24FN3O/c1-2-3-4-7-10-18-15(17)19-11-14(20)12-8-5-6-9-13(12)16/h5-6,8-9,14,20H,2-4,7,10-11H2,1H3,(H3,17,18,19). The van der Waals surface area contributed by atoms with Gasteiger partial charge >= 0.3 is 0 Å². The Morgan fingerprint density at radius 2 is 2.10 bits per heavy atom. The number of nitrogens with zero attached hydrogens (tertiary/aromatic N) is 1. The maximum atomic E-state index is 13.4. The predicted octanol–water partition coefficient (Wildman–Crippen LogP) is 2.34. The van der Waals surface area contributed by atoms with E-state index in [1.54, 1.807) is 18.2 Å². The number of unbranched alkanes of at least 4 members (excludes halogenated alkanes) is 3. The molecule has 1 aromatic carbocycles. The van der Waals surface area contributed by atoms with Gasteiger partial charge in [0.25, 0.3) is 0 Å². The van der Waals surface area contributed by atoms with Crippen molar-refractivity contribution in [2.45, 2.75) is 38.7 Å². The van der Waals surface area contributed by atoms with Crippen molar-refractivity contribution in [2.24, 2.45) is 10.7 Å². The minimum atomic E-state index is -0.975. The molecule has 0 saturated carbocycles. The lowest BCUT2D eigenvalue weighted by molar-refractivity contribution is 0.182. The number of nitrogens with one attached hydrogen (secondary N) is 1. The molecular formula is C15H24FN3O. The van der Waals surface area contributed by atoms with Crippen LogP contribution >= 0.6 is 0 Å². The van der Waals surface area contributed by atoms with Crippen LogP contribution in [0.3, 0.4) is 0 Å². The highest BCUT2D eigenvalue weighted by Crippen LogP contribution is 2.16. The van der Waals surface area contributed by atoms with Crippen LogP contribution in [0.15, 0.2) is 29.3 Å². The van der Waals surface area contributed by atoms with Crippen LogP contribution in [0.2, 0.25) is 0 Å². The van der Waals surface area contributed by atoms with Gasteiger partial charge in [0, 0.05) is 12.1 Å². The molecule has 0 aliphatic carbocycles. The van der Waals surface area contributed by atoms with E-state index in [0.29, 0.717) is 0 Å². The zero-order valence-electron chi connectivity index (χ0n) is 12.0. The summed E-state index contributed by atoms with van der Waals surface area (Å²) < 4.78 is 13.4. The molecule has 1 aromatic rings. The fourth-order valence-electron chi connectivity index (χ4n) is 1.85. The van der Waals surface area contributed by atoms with E-state index in [0.717, 1.165) is 19.4 Å². The monoisotopic (exact) mass is 281 g/mol. The number of benzene rings is 1. The van der Waals surface area contributed by atoms with Crippen molar-refractivity contribution in [3.05, 3.63) is 35.6 Å². The van der Waals surface area contributed by atoms with E-state index in [4.69, 9.17) is 5.73 Å². The first-order valence-corrected chi connectivity index (χ1v) is 7.11. The van der Waals surface area contributed by atoms with Gasteiger partial charge in [-0.05, 0) is 12.5 Å². The second kappa shape index (κ2) is 9.31. The molecule has 0 radical (unpaired) electrons. The van der Waals surface area contributed by atoms with Gasteiger partial charge in [-0.15, -0.1) is 0 Å². The van der Waals surface area contributed by atoms with Gasteiger partial charge in [0.15, 0.2) is 5.96 Å². The van der Waals surface area contributed by atoms with Crippen molar-refractivity contribution in [1.29, 1.82) is 0 Å². The van der Waals surface area contributed by atoms with Crippen LogP contribution < -0.4 is 11.1 Å². The van der Waals surface area contributed by atoms with E-state index in [-0.39, 0.29) is 18.1 Å². The van der Waals surface area contributed by atoms with E-state index in [9.17, 15) is 9.50 Å². The lowest BCUT2D eigenvalue weighted by Crippen LogP contribution is -2.32.